The van der Waals surface area contributed by atoms with E-state index in [9.17, 15) is 13.6 Å². The minimum atomic E-state index is -2.86. The zero-order valence-corrected chi connectivity index (χ0v) is 12.0. The van der Waals surface area contributed by atoms with Crippen molar-refractivity contribution >= 4 is 11.8 Å². The molecule has 4 N–H and O–H groups in total. The molecule has 0 radical (unpaired) electrons. The van der Waals surface area contributed by atoms with Gasteiger partial charge in [0.25, 0.3) is 0 Å². The Morgan fingerprint density at radius 2 is 2.26 bits per heavy atom. The number of hydrogen-bond donors (Lipinski definition) is 2. The summed E-state index contributed by atoms with van der Waals surface area (Å²) in [5.74, 6) is 0. The number of anilines is 1. The molecule has 0 fully saturated rings. The monoisotopic (exact) mass is 323 g/mol. The lowest BCUT2D eigenvalue weighted by atomic mass is 10.1. The van der Waals surface area contributed by atoms with Crippen LogP contribution in [0.25, 0.3) is 11.4 Å². The summed E-state index contributed by atoms with van der Waals surface area (Å²) in [6.07, 6.45) is 2.72. The van der Waals surface area contributed by atoms with Crippen molar-refractivity contribution in [3.8, 4) is 11.4 Å². The lowest BCUT2D eigenvalue weighted by Gasteiger charge is -2.16. The second-order valence-corrected chi connectivity index (χ2v) is 4.60. The number of carbonyl (C=O) groups excluding carboxylic acids is 1. The predicted molar refractivity (Wildman–Crippen MR) is 79.3 cm³/mol. The topological polar surface area (TPSA) is 109 Å². The quantitative estimate of drug-likeness (QED) is 0.794. The smallest absolute Gasteiger partial charge is 0.405 e. The van der Waals surface area contributed by atoms with Crippen molar-refractivity contribution < 1.29 is 18.3 Å². The number of primary amides is 1. The Morgan fingerprint density at radius 3 is 2.87 bits per heavy atom. The van der Waals surface area contributed by atoms with Crippen LogP contribution in [0.1, 0.15) is 24.6 Å². The van der Waals surface area contributed by atoms with Gasteiger partial charge < -0.3 is 16.2 Å². The summed E-state index contributed by atoms with van der Waals surface area (Å²) >= 11 is 0. The van der Waals surface area contributed by atoms with E-state index in [2.05, 4.69) is 16.7 Å². The number of pyridine rings is 1. The van der Waals surface area contributed by atoms with E-state index in [0.29, 0.717) is 16.7 Å². The SMILES string of the molecule is C=CCC(OC(N)=O)c1ccnc(-c2c(N)cnn2C(F)F)c1. The zero-order valence-electron chi connectivity index (χ0n) is 12.0. The van der Waals surface area contributed by atoms with Gasteiger partial charge in [0, 0.05) is 12.6 Å². The third kappa shape index (κ3) is 3.62. The van der Waals surface area contributed by atoms with Gasteiger partial charge in [0.05, 0.1) is 17.6 Å². The maximum atomic E-state index is 13.0. The standard InChI is InChI=1S/C14H15F2N5O2/c1-2-3-11(23-14(18)22)8-4-5-19-10(6-8)12-9(17)7-20-21(12)13(15)16/h2,4-7,11,13H,1,3,17H2,(H2,18,22). The average molecular weight is 323 g/mol. The molecule has 7 nitrogen and oxygen atoms in total. The lowest BCUT2D eigenvalue weighted by Crippen LogP contribution is -2.17. The molecule has 0 aliphatic heterocycles. The highest BCUT2D eigenvalue weighted by molar-refractivity contribution is 5.70. The van der Waals surface area contributed by atoms with E-state index >= 15 is 0 Å². The molecule has 122 valence electrons. The molecule has 0 aromatic carbocycles. The Kier molecular flexibility index (Phi) is 4.89. The molecule has 2 aromatic heterocycles. The summed E-state index contributed by atoms with van der Waals surface area (Å²) in [6.45, 7) is 0.714. The first-order valence-corrected chi connectivity index (χ1v) is 6.58. The number of nitrogen functional groups attached to an aromatic ring is 1. The Balaban J connectivity index is 2.45. The summed E-state index contributed by atoms with van der Waals surface area (Å²) in [7, 11) is 0. The maximum absolute atomic E-state index is 13.0. The third-order valence-electron chi connectivity index (χ3n) is 3.05. The van der Waals surface area contributed by atoms with Crippen LogP contribution in [-0.2, 0) is 4.74 Å². The average Bonchev–Trinajstić information content (AvgIpc) is 2.88. The molecule has 2 aromatic rings. The zero-order chi connectivity index (χ0) is 17.0. The van der Waals surface area contributed by atoms with Gasteiger partial charge in [-0.05, 0) is 17.7 Å². The number of ether oxygens (including phenoxy) is 1. The van der Waals surface area contributed by atoms with Gasteiger partial charge in [-0.1, -0.05) is 6.08 Å². The molecule has 0 aliphatic rings. The highest BCUT2D eigenvalue weighted by atomic mass is 19.3. The first kappa shape index (κ1) is 16.4. The predicted octanol–water partition coefficient (Wildman–Crippen LogP) is 2.63. The van der Waals surface area contributed by atoms with Gasteiger partial charge in [0.2, 0.25) is 0 Å². The van der Waals surface area contributed by atoms with E-state index in [0.717, 1.165) is 6.20 Å². The maximum Gasteiger partial charge on any atom is 0.405 e. The molecular weight excluding hydrogens is 308 g/mol. The summed E-state index contributed by atoms with van der Waals surface area (Å²) < 4.78 is 31.5. The Labute approximate surface area is 130 Å². The van der Waals surface area contributed by atoms with E-state index in [1.165, 1.54) is 12.3 Å². The number of rotatable bonds is 6. The minimum absolute atomic E-state index is 0.0155. The fourth-order valence-corrected chi connectivity index (χ4v) is 2.11. The van der Waals surface area contributed by atoms with Gasteiger partial charge in [-0.3, -0.25) is 4.98 Å². The molecule has 1 amide bonds. The second kappa shape index (κ2) is 6.86. The van der Waals surface area contributed by atoms with Crippen LogP contribution >= 0.6 is 0 Å². The van der Waals surface area contributed by atoms with E-state index in [1.807, 2.05) is 0 Å². The summed E-state index contributed by atoms with van der Waals surface area (Å²) in [5.41, 5.74) is 11.5. The normalized spacial score (nSPS) is 12.1. The third-order valence-corrected chi connectivity index (χ3v) is 3.05. The highest BCUT2D eigenvalue weighted by Gasteiger charge is 2.20. The van der Waals surface area contributed by atoms with E-state index in [1.54, 1.807) is 12.1 Å². The highest BCUT2D eigenvalue weighted by Crippen LogP contribution is 2.30. The number of nitrogens with two attached hydrogens (primary N) is 2. The second-order valence-electron chi connectivity index (χ2n) is 4.60. The van der Waals surface area contributed by atoms with Crippen LogP contribution in [0.2, 0.25) is 0 Å². The Hall–Kier alpha value is -2.97. The molecule has 0 bridgehead atoms. The van der Waals surface area contributed by atoms with Gasteiger partial charge in [0.1, 0.15) is 11.8 Å². The van der Waals surface area contributed by atoms with Crippen molar-refractivity contribution in [2.24, 2.45) is 5.73 Å². The Bertz CT molecular complexity index is 717. The number of halogens is 2. The minimum Gasteiger partial charge on any atom is -0.441 e. The Morgan fingerprint density at radius 1 is 1.52 bits per heavy atom. The molecular formula is C14H15F2N5O2. The van der Waals surface area contributed by atoms with Gasteiger partial charge in [-0.2, -0.15) is 18.6 Å². The molecule has 0 spiro atoms. The molecule has 1 unspecified atom stereocenters. The van der Waals surface area contributed by atoms with Gasteiger partial charge in [0.15, 0.2) is 0 Å². The number of hydrogen-bond acceptors (Lipinski definition) is 5. The fourth-order valence-electron chi connectivity index (χ4n) is 2.11. The van der Waals surface area contributed by atoms with Crippen LogP contribution in [0.3, 0.4) is 0 Å². The lowest BCUT2D eigenvalue weighted by molar-refractivity contribution is 0.0585. The fraction of sp³-hybridized carbons (Fsp3) is 0.214. The summed E-state index contributed by atoms with van der Waals surface area (Å²) in [6, 6.07) is 3.07. The number of carbonyl (C=O) groups is 1. The van der Waals surface area contributed by atoms with Crippen LogP contribution in [0, 0.1) is 0 Å². The van der Waals surface area contributed by atoms with E-state index in [4.69, 9.17) is 16.2 Å². The molecule has 9 heteroatoms. The van der Waals surface area contributed by atoms with E-state index in [-0.39, 0.29) is 17.1 Å². The molecule has 1 atom stereocenters. The molecule has 2 rings (SSSR count). The first-order valence-electron chi connectivity index (χ1n) is 6.58. The molecule has 0 aliphatic carbocycles. The summed E-state index contributed by atoms with van der Waals surface area (Å²) in [5, 5.41) is 3.53. The van der Waals surface area contributed by atoms with Crippen LogP contribution < -0.4 is 11.5 Å². The van der Waals surface area contributed by atoms with Crippen LogP contribution in [0.5, 0.6) is 0 Å². The van der Waals surface area contributed by atoms with Gasteiger partial charge >= 0.3 is 12.6 Å². The van der Waals surface area contributed by atoms with Gasteiger partial charge in [-0.25, -0.2) is 4.79 Å². The molecule has 0 saturated heterocycles. The van der Waals surface area contributed by atoms with Crippen molar-refractivity contribution in [2.45, 2.75) is 19.1 Å². The van der Waals surface area contributed by atoms with Crippen molar-refractivity contribution in [1.29, 1.82) is 0 Å². The number of aromatic nitrogens is 3. The van der Waals surface area contributed by atoms with E-state index < -0.39 is 18.7 Å². The van der Waals surface area contributed by atoms with Crippen LogP contribution in [0.15, 0.2) is 37.2 Å². The van der Waals surface area contributed by atoms with Crippen LogP contribution in [-0.4, -0.2) is 20.9 Å². The number of alkyl halides is 2. The van der Waals surface area contributed by atoms with Crippen molar-refractivity contribution in [3.05, 3.63) is 42.7 Å². The largest absolute Gasteiger partial charge is 0.441 e. The summed E-state index contributed by atoms with van der Waals surface area (Å²) in [4.78, 5) is 15.0. The molecule has 0 saturated carbocycles. The van der Waals surface area contributed by atoms with Crippen LogP contribution in [0.4, 0.5) is 19.3 Å². The first-order chi connectivity index (χ1) is 10.9. The van der Waals surface area contributed by atoms with Crippen molar-refractivity contribution in [3.63, 3.8) is 0 Å². The van der Waals surface area contributed by atoms with Crippen molar-refractivity contribution in [1.82, 2.24) is 14.8 Å². The van der Waals surface area contributed by atoms with Gasteiger partial charge in [-0.15, -0.1) is 6.58 Å². The number of nitrogens with zero attached hydrogens (tertiary/aromatic N) is 3. The molecule has 2 heterocycles. The number of amides is 1. The molecule has 23 heavy (non-hydrogen) atoms. The van der Waals surface area contributed by atoms with Crippen molar-refractivity contribution in [2.75, 3.05) is 5.73 Å².